The molecule has 0 bridgehead atoms. The van der Waals surface area contributed by atoms with Crippen molar-refractivity contribution < 1.29 is 4.79 Å². The average molecular weight is 228 g/mol. The fourth-order valence-electron chi connectivity index (χ4n) is 1.30. The molecule has 2 aromatic rings. The van der Waals surface area contributed by atoms with Crippen LogP contribution in [0.2, 0.25) is 0 Å². The van der Waals surface area contributed by atoms with Crippen LogP contribution in [-0.2, 0) is 0 Å². The standard InChI is InChI=1S/C12H12N4O/c1-9-7-11(15-14-9)12(17)16-13-8-10-5-3-2-4-6-10/h2-8H,1H3,(H,14,15)(H,16,17)/b13-8+. The van der Waals surface area contributed by atoms with Gasteiger partial charge in [-0.25, -0.2) is 5.43 Å². The molecule has 86 valence electrons. The van der Waals surface area contributed by atoms with Crippen LogP contribution in [0.5, 0.6) is 0 Å². The lowest BCUT2D eigenvalue weighted by atomic mass is 10.2. The summed E-state index contributed by atoms with van der Waals surface area (Å²) < 4.78 is 0. The van der Waals surface area contributed by atoms with E-state index >= 15 is 0 Å². The first kappa shape index (κ1) is 11.1. The summed E-state index contributed by atoms with van der Waals surface area (Å²) in [6.07, 6.45) is 1.58. The minimum atomic E-state index is -0.332. The number of carbonyl (C=O) groups is 1. The highest BCUT2D eigenvalue weighted by atomic mass is 16.2. The molecular weight excluding hydrogens is 216 g/mol. The van der Waals surface area contributed by atoms with E-state index in [1.54, 1.807) is 12.3 Å². The average Bonchev–Trinajstić information content (AvgIpc) is 2.77. The van der Waals surface area contributed by atoms with Crippen molar-refractivity contribution in [1.82, 2.24) is 15.6 Å². The van der Waals surface area contributed by atoms with Gasteiger partial charge in [-0.3, -0.25) is 9.89 Å². The van der Waals surface area contributed by atoms with Crippen LogP contribution in [0.25, 0.3) is 0 Å². The molecule has 0 unspecified atom stereocenters. The Morgan fingerprint density at radius 2 is 2.18 bits per heavy atom. The van der Waals surface area contributed by atoms with Gasteiger partial charge in [-0.05, 0) is 18.6 Å². The molecule has 1 heterocycles. The molecule has 0 atom stereocenters. The van der Waals surface area contributed by atoms with Crippen LogP contribution in [0.1, 0.15) is 21.7 Å². The second-order valence-electron chi connectivity index (χ2n) is 3.55. The van der Waals surface area contributed by atoms with E-state index in [0.29, 0.717) is 5.69 Å². The number of hydrogen-bond acceptors (Lipinski definition) is 3. The third-order valence-corrected chi connectivity index (χ3v) is 2.12. The van der Waals surface area contributed by atoms with E-state index in [1.165, 1.54) is 0 Å². The van der Waals surface area contributed by atoms with Gasteiger partial charge in [0.2, 0.25) is 0 Å². The Hall–Kier alpha value is -2.43. The Morgan fingerprint density at radius 1 is 1.41 bits per heavy atom. The van der Waals surface area contributed by atoms with Crippen molar-refractivity contribution in [3.05, 3.63) is 53.3 Å². The van der Waals surface area contributed by atoms with E-state index in [9.17, 15) is 4.79 Å². The van der Waals surface area contributed by atoms with Gasteiger partial charge in [0.05, 0.1) is 6.21 Å². The predicted molar refractivity (Wildman–Crippen MR) is 64.8 cm³/mol. The van der Waals surface area contributed by atoms with Crippen LogP contribution >= 0.6 is 0 Å². The summed E-state index contributed by atoms with van der Waals surface area (Å²) in [6.45, 7) is 1.83. The summed E-state index contributed by atoms with van der Waals surface area (Å²) >= 11 is 0. The molecule has 2 rings (SSSR count). The summed E-state index contributed by atoms with van der Waals surface area (Å²) in [5, 5.41) is 10.4. The number of rotatable bonds is 3. The summed E-state index contributed by atoms with van der Waals surface area (Å²) in [5.74, 6) is -0.332. The lowest BCUT2D eigenvalue weighted by molar-refractivity contribution is 0.0950. The first-order chi connectivity index (χ1) is 8.25. The summed E-state index contributed by atoms with van der Waals surface area (Å²) in [6, 6.07) is 11.2. The van der Waals surface area contributed by atoms with Crippen LogP contribution in [0.15, 0.2) is 41.5 Å². The molecule has 17 heavy (non-hydrogen) atoms. The van der Waals surface area contributed by atoms with Gasteiger partial charge in [0.25, 0.3) is 5.91 Å². The first-order valence-corrected chi connectivity index (χ1v) is 5.16. The lowest BCUT2D eigenvalue weighted by Crippen LogP contribution is -2.17. The molecule has 1 amide bonds. The largest absolute Gasteiger partial charge is 0.291 e. The van der Waals surface area contributed by atoms with Gasteiger partial charge < -0.3 is 0 Å². The maximum atomic E-state index is 11.5. The van der Waals surface area contributed by atoms with Crippen molar-refractivity contribution in [2.45, 2.75) is 6.92 Å². The van der Waals surface area contributed by atoms with Crippen LogP contribution < -0.4 is 5.43 Å². The fraction of sp³-hybridized carbons (Fsp3) is 0.0833. The number of nitrogens with zero attached hydrogens (tertiary/aromatic N) is 2. The zero-order chi connectivity index (χ0) is 12.1. The van der Waals surface area contributed by atoms with Crippen molar-refractivity contribution in [2.24, 2.45) is 5.10 Å². The maximum absolute atomic E-state index is 11.5. The summed E-state index contributed by atoms with van der Waals surface area (Å²) in [7, 11) is 0. The van der Waals surface area contributed by atoms with Crippen LogP contribution in [0.4, 0.5) is 0 Å². The topological polar surface area (TPSA) is 70.1 Å². The third-order valence-electron chi connectivity index (χ3n) is 2.12. The van der Waals surface area contributed by atoms with E-state index < -0.39 is 0 Å². The van der Waals surface area contributed by atoms with Crippen LogP contribution in [0.3, 0.4) is 0 Å². The Balaban J connectivity index is 1.95. The molecule has 0 saturated heterocycles. The highest BCUT2D eigenvalue weighted by molar-refractivity contribution is 5.93. The van der Waals surface area contributed by atoms with Gasteiger partial charge >= 0.3 is 0 Å². The zero-order valence-corrected chi connectivity index (χ0v) is 9.34. The molecule has 0 aliphatic rings. The molecule has 0 radical (unpaired) electrons. The maximum Gasteiger partial charge on any atom is 0.291 e. The lowest BCUT2D eigenvalue weighted by Gasteiger charge is -1.94. The summed E-state index contributed by atoms with van der Waals surface area (Å²) in [5.41, 5.74) is 4.49. The molecule has 5 heteroatoms. The number of aromatic nitrogens is 2. The Labute approximate surface area is 98.6 Å². The van der Waals surface area contributed by atoms with Gasteiger partial charge in [0.1, 0.15) is 0 Å². The number of hydrazone groups is 1. The Bertz CT molecular complexity index is 530. The molecule has 0 spiro atoms. The molecule has 1 aromatic carbocycles. The minimum Gasteiger partial charge on any atom is -0.282 e. The van der Waals surface area contributed by atoms with Crippen molar-refractivity contribution in [2.75, 3.05) is 0 Å². The van der Waals surface area contributed by atoms with Crippen molar-refractivity contribution in [1.29, 1.82) is 0 Å². The normalized spacial score (nSPS) is 10.6. The Morgan fingerprint density at radius 3 is 2.82 bits per heavy atom. The monoisotopic (exact) mass is 228 g/mol. The molecule has 0 saturated carbocycles. The summed E-state index contributed by atoms with van der Waals surface area (Å²) in [4.78, 5) is 11.5. The van der Waals surface area contributed by atoms with Crippen LogP contribution in [-0.4, -0.2) is 22.3 Å². The molecule has 0 fully saturated rings. The van der Waals surface area contributed by atoms with E-state index in [1.807, 2.05) is 37.3 Å². The van der Waals surface area contributed by atoms with Crippen LogP contribution in [0, 0.1) is 6.92 Å². The molecule has 0 aliphatic heterocycles. The van der Waals surface area contributed by atoms with Gasteiger partial charge in [-0.1, -0.05) is 30.3 Å². The zero-order valence-electron chi connectivity index (χ0n) is 9.34. The number of aromatic amines is 1. The predicted octanol–water partition coefficient (Wildman–Crippen LogP) is 1.48. The number of benzene rings is 1. The molecule has 2 N–H and O–H groups in total. The molecule has 0 aliphatic carbocycles. The quantitative estimate of drug-likeness (QED) is 0.617. The van der Waals surface area contributed by atoms with Gasteiger partial charge in [-0.2, -0.15) is 10.2 Å². The SMILES string of the molecule is Cc1cc(C(=O)N/N=C/c2ccccc2)n[nH]1. The van der Waals surface area contributed by atoms with Gasteiger partial charge in [0.15, 0.2) is 5.69 Å². The highest BCUT2D eigenvalue weighted by Gasteiger charge is 2.06. The number of hydrogen-bond donors (Lipinski definition) is 2. The molecular formula is C12H12N4O. The third kappa shape index (κ3) is 3.01. The number of amides is 1. The fourth-order valence-corrected chi connectivity index (χ4v) is 1.30. The number of H-pyrrole nitrogens is 1. The van der Waals surface area contributed by atoms with E-state index in [2.05, 4.69) is 20.7 Å². The number of nitrogens with one attached hydrogen (secondary N) is 2. The Kier molecular flexibility index (Phi) is 3.30. The number of aryl methyl sites for hydroxylation is 1. The smallest absolute Gasteiger partial charge is 0.282 e. The van der Waals surface area contributed by atoms with E-state index in [0.717, 1.165) is 11.3 Å². The highest BCUT2D eigenvalue weighted by Crippen LogP contribution is 1.97. The first-order valence-electron chi connectivity index (χ1n) is 5.16. The number of carbonyl (C=O) groups excluding carboxylic acids is 1. The van der Waals surface area contributed by atoms with Gasteiger partial charge in [-0.15, -0.1) is 0 Å². The second-order valence-corrected chi connectivity index (χ2v) is 3.55. The van der Waals surface area contributed by atoms with E-state index in [4.69, 9.17) is 0 Å². The minimum absolute atomic E-state index is 0.327. The molecule has 5 nitrogen and oxygen atoms in total. The van der Waals surface area contributed by atoms with Crippen molar-refractivity contribution in [3.8, 4) is 0 Å². The van der Waals surface area contributed by atoms with Crippen molar-refractivity contribution >= 4 is 12.1 Å². The molecule has 1 aromatic heterocycles. The van der Waals surface area contributed by atoms with Gasteiger partial charge in [0, 0.05) is 5.69 Å². The van der Waals surface area contributed by atoms with Crippen molar-refractivity contribution in [3.63, 3.8) is 0 Å². The van der Waals surface area contributed by atoms with E-state index in [-0.39, 0.29) is 5.91 Å². The second kappa shape index (κ2) is 5.07.